The number of nitrogens with zero attached hydrogens (tertiary/aromatic N) is 4. The van der Waals surface area contributed by atoms with Gasteiger partial charge in [-0.2, -0.15) is 5.10 Å². The van der Waals surface area contributed by atoms with E-state index in [1.807, 2.05) is 45.1 Å². The van der Waals surface area contributed by atoms with E-state index in [1.54, 1.807) is 17.4 Å². The van der Waals surface area contributed by atoms with Gasteiger partial charge < -0.3 is 16.0 Å². The van der Waals surface area contributed by atoms with Crippen LogP contribution in [0, 0.1) is 6.92 Å². The number of nitrogens with one attached hydrogen (secondary N) is 3. The van der Waals surface area contributed by atoms with Crippen LogP contribution in [0.15, 0.2) is 78.7 Å². The Hall–Kier alpha value is -4.11. The number of allylic oxidation sites excluding steroid dienone is 5. The number of rotatable bonds is 16. The summed E-state index contributed by atoms with van der Waals surface area (Å²) in [5.41, 5.74) is 7.40. The second kappa shape index (κ2) is 16.4. The van der Waals surface area contributed by atoms with E-state index in [-0.39, 0.29) is 11.8 Å². The molecule has 0 saturated carbocycles. The lowest BCUT2D eigenvalue weighted by Crippen LogP contribution is -2.13. The second-order valence-corrected chi connectivity index (χ2v) is 11.5. The Morgan fingerprint density at radius 3 is 2.50 bits per heavy atom. The smallest absolute Gasteiger partial charge is 0.229 e. The Morgan fingerprint density at radius 2 is 1.81 bits per heavy atom. The van der Waals surface area contributed by atoms with E-state index >= 15 is 0 Å². The van der Waals surface area contributed by atoms with Crippen LogP contribution in [-0.4, -0.2) is 26.3 Å². The van der Waals surface area contributed by atoms with Crippen molar-refractivity contribution in [3.63, 3.8) is 0 Å². The minimum atomic E-state index is -0.108. The van der Waals surface area contributed by atoms with Crippen LogP contribution < -0.4 is 16.0 Å². The largest absolute Gasteiger partial charge is 0.385 e. The average molecular weight is 586 g/mol. The summed E-state index contributed by atoms with van der Waals surface area (Å²) in [4.78, 5) is 12.2. The van der Waals surface area contributed by atoms with Crippen molar-refractivity contribution in [1.29, 1.82) is 0 Å². The number of anilines is 2. The minimum Gasteiger partial charge on any atom is -0.385 e. The predicted molar refractivity (Wildman–Crippen MR) is 174 cm³/mol. The Labute approximate surface area is 254 Å². The van der Waals surface area contributed by atoms with Gasteiger partial charge in [0.05, 0.1) is 12.1 Å². The molecule has 0 bridgehead atoms. The number of hydrogen-bond donors (Lipinski definition) is 3. The van der Waals surface area contributed by atoms with Crippen LogP contribution in [0.5, 0.6) is 0 Å². The highest BCUT2D eigenvalue weighted by molar-refractivity contribution is 7.15. The Bertz CT molecular complexity index is 1420. The van der Waals surface area contributed by atoms with E-state index in [2.05, 4.69) is 81.5 Å². The molecule has 2 heterocycles. The SMILES string of the molecule is C=C(C)NCc1cc(C(C)C(=C)Nc2nnc(CCCCc3ccc(NC(=O)CC(/C=C\C)=C/C)nn3)s2)ccc1C. The zero-order valence-electron chi connectivity index (χ0n) is 25.5. The molecule has 0 fully saturated rings. The summed E-state index contributed by atoms with van der Waals surface area (Å²) < 4.78 is 0. The number of benzene rings is 1. The van der Waals surface area contributed by atoms with Gasteiger partial charge in [-0.25, -0.2) is 0 Å². The molecule has 3 rings (SSSR count). The molecule has 222 valence electrons. The highest BCUT2D eigenvalue weighted by Gasteiger charge is 2.14. The first kappa shape index (κ1) is 32.4. The van der Waals surface area contributed by atoms with Gasteiger partial charge in [-0.05, 0) is 81.4 Å². The maximum Gasteiger partial charge on any atom is 0.229 e. The highest BCUT2D eigenvalue weighted by atomic mass is 32.1. The molecular formula is C33H43N7OS. The molecule has 0 spiro atoms. The van der Waals surface area contributed by atoms with E-state index in [9.17, 15) is 4.79 Å². The molecule has 3 aromatic rings. The third-order valence-corrected chi connectivity index (χ3v) is 7.79. The van der Waals surface area contributed by atoms with E-state index < -0.39 is 0 Å². The standard InChI is InChI=1S/C33H43N7OS/c1-8-12-26(9-2)19-31(41)36-30-18-17-29(37-38-30)13-10-11-14-32-39-40-33(42-32)35-25(7)24(6)27-16-15-23(5)28(20-27)21-34-22(3)4/h8-9,12,15-18,20,24,34H,3,7,10-11,13-14,19,21H2,1-2,4-6H3,(H,35,40)(H,36,38,41)/b12-8-,26-9+. The van der Waals surface area contributed by atoms with Crippen molar-refractivity contribution in [2.45, 2.75) is 79.2 Å². The van der Waals surface area contributed by atoms with Gasteiger partial charge in [0.25, 0.3) is 0 Å². The fourth-order valence-electron chi connectivity index (χ4n) is 4.24. The van der Waals surface area contributed by atoms with Crippen LogP contribution in [0.2, 0.25) is 0 Å². The quantitative estimate of drug-likeness (QED) is 0.119. The topological polar surface area (TPSA) is 105 Å². The summed E-state index contributed by atoms with van der Waals surface area (Å²) in [6.45, 7) is 19.0. The van der Waals surface area contributed by atoms with E-state index in [1.165, 1.54) is 16.7 Å². The third kappa shape index (κ3) is 10.4. The van der Waals surface area contributed by atoms with Gasteiger partial charge in [0.2, 0.25) is 11.0 Å². The van der Waals surface area contributed by atoms with Crippen molar-refractivity contribution in [2.75, 3.05) is 10.6 Å². The van der Waals surface area contributed by atoms with Gasteiger partial charge in [0, 0.05) is 30.3 Å². The molecule has 0 saturated heterocycles. The first-order valence-electron chi connectivity index (χ1n) is 14.4. The number of unbranched alkanes of at least 4 members (excludes halogenated alkanes) is 1. The fraction of sp³-hybridized carbons (Fsp3) is 0.364. The monoisotopic (exact) mass is 585 g/mol. The van der Waals surface area contributed by atoms with Gasteiger partial charge in [-0.15, -0.1) is 15.3 Å². The molecular weight excluding hydrogens is 542 g/mol. The normalized spacial score (nSPS) is 12.3. The first-order chi connectivity index (χ1) is 20.2. The molecule has 0 aliphatic carbocycles. The van der Waals surface area contributed by atoms with Crippen LogP contribution in [-0.2, 0) is 24.2 Å². The summed E-state index contributed by atoms with van der Waals surface area (Å²) in [6, 6.07) is 10.3. The summed E-state index contributed by atoms with van der Waals surface area (Å²) in [6.07, 6.45) is 9.66. The number of amides is 1. The first-order valence-corrected chi connectivity index (χ1v) is 15.2. The number of aryl methyl sites for hydroxylation is 3. The molecule has 1 amide bonds. The number of carbonyl (C=O) groups excluding carboxylic acids is 1. The predicted octanol–water partition coefficient (Wildman–Crippen LogP) is 7.41. The van der Waals surface area contributed by atoms with Crippen LogP contribution >= 0.6 is 11.3 Å². The number of hydrogen-bond acceptors (Lipinski definition) is 8. The molecule has 1 atom stereocenters. The lowest BCUT2D eigenvalue weighted by atomic mass is 9.94. The summed E-state index contributed by atoms with van der Waals surface area (Å²) in [5, 5.41) is 28.4. The highest BCUT2D eigenvalue weighted by Crippen LogP contribution is 2.28. The van der Waals surface area contributed by atoms with Gasteiger partial charge in [0.1, 0.15) is 5.01 Å². The molecule has 3 N–H and O–H groups in total. The molecule has 0 radical (unpaired) electrons. The van der Waals surface area contributed by atoms with E-state index in [0.717, 1.165) is 65.0 Å². The van der Waals surface area contributed by atoms with Crippen LogP contribution in [0.3, 0.4) is 0 Å². The van der Waals surface area contributed by atoms with E-state index in [4.69, 9.17) is 0 Å². The molecule has 1 aromatic carbocycles. The minimum absolute atomic E-state index is 0.108. The lowest BCUT2D eigenvalue weighted by Gasteiger charge is -2.18. The maximum atomic E-state index is 12.2. The van der Waals surface area contributed by atoms with Crippen molar-refractivity contribution in [3.8, 4) is 0 Å². The Balaban J connectivity index is 1.42. The van der Waals surface area contributed by atoms with Gasteiger partial charge in [-0.1, -0.05) is 67.8 Å². The van der Waals surface area contributed by atoms with Crippen molar-refractivity contribution in [1.82, 2.24) is 25.7 Å². The summed E-state index contributed by atoms with van der Waals surface area (Å²) in [5.74, 6) is 0.474. The van der Waals surface area contributed by atoms with Gasteiger partial charge in [-0.3, -0.25) is 4.79 Å². The molecule has 1 unspecified atom stereocenters. The maximum absolute atomic E-state index is 12.2. The molecule has 8 nitrogen and oxygen atoms in total. The van der Waals surface area contributed by atoms with Crippen molar-refractivity contribution < 1.29 is 4.79 Å². The number of carbonyl (C=O) groups is 1. The second-order valence-electron chi connectivity index (χ2n) is 10.4. The van der Waals surface area contributed by atoms with Crippen molar-refractivity contribution in [2.24, 2.45) is 0 Å². The molecule has 0 aliphatic rings. The summed E-state index contributed by atoms with van der Waals surface area (Å²) in [7, 11) is 0. The molecule has 0 aliphatic heterocycles. The van der Waals surface area contributed by atoms with Crippen LogP contribution in [0.4, 0.5) is 10.9 Å². The molecule has 42 heavy (non-hydrogen) atoms. The zero-order chi connectivity index (χ0) is 30.5. The summed E-state index contributed by atoms with van der Waals surface area (Å²) >= 11 is 1.56. The zero-order valence-corrected chi connectivity index (χ0v) is 26.3. The van der Waals surface area contributed by atoms with E-state index in [0.29, 0.717) is 12.2 Å². The Kier molecular flexibility index (Phi) is 12.6. The van der Waals surface area contributed by atoms with Crippen molar-refractivity contribution >= 4 is 28.2 Å². The van der Waals surface area contributed by atoms with Crippen LogP contribution in [0.1, 0.15) is 80.3 Å². The lowest BCUT2D eigenvalue weighted by molar-refractivity contribution is -0.115. The average Bonchev–Trinajstić information content (AvgIpc) is 3.41. The fourth-order valence-corrected chi connectivity index (χ4v) is 5.05. The third-order valence-electron chi connectivity index (χ3n) is 6.89. The van der Waals surface area contributed by atoms with Gasteiger partial charge in [0.15, 0.2) is 5.82 Å². The van der Waals surface area contributed by atoms with Crippen molar-refractivity contribution in [3.05, 3.63) is 106 Å². The molecule has 2 aromatic heterocycles. The van der Waals surface area contributed by atoms with Gasteiger partial charge >= 0.3 is 0 Å². The van der Waals surface area contributed by atoms with Crippen LogP contribution in [0.25, 0.3) is 0 Å². The molecule has 9 heteroatoms. The Morgan fingerprint density at radius 1 is 1.02 bits per heavy atom. The number of aromatic nitrogens is 4.